The highest BCUT2D eigenvalue weighted by Crippen LogP contribution is 2.25. The van der Waals surface area contributed by atoms with E-state index in [1.165, 1.54) is 0 Å². The van der Waals surface area contributed by atoms with Gasteiger partial charge in [-0.3, -0.25) is 4.79 Å². The van der Waals surface area contributed by atoms with Crippen LogP contribution in [0.15, 0.2) is 23.1 Å². The van der Waals surface area contributed by atoms with Gasteiger partial charge in [-0.25, -0.2) is 17.2 Å². The van der Waals surface area contributed by atoms with Gasteiger partial charge in [-0.1, -0.05) is 0 Å². The first-order valence-corrected chi connectivity index (χ1v) is 7.02. The van der Waals surface area contributed by atoms with E-state index in [0.717, 1.165) is 12.1 Å². The van der Waals surface area contributed by atoms with Crippen molar-refractivity contribution in [1.29, 1.82) is 0 Å². The van der Waals surface area contributed by atoms with Crippen LogP contribution in [0.4, 0.5) is 8.78 Å². The number of aliphatic carboxylic acids is 1. The molecule has 19 heavy (non-hydrogen) atoms. The lowest BCUT2D eigenvalue weighted by Crippen LogP contribution is -2.30. The van der Waals surface area contributed by atoms with Gasteiger partial charge in [0, 0.05) is 12.6 Å². The Balaban J connectivity index is 2.31. The second-order valence-corrected chi connectivity index (χ2v) is 6.47. The van der Waals surface area contributed by atoms with Crippen molar-refractivity contribution in [2.45, 2.75) is 22.6 Å². The number of halogens is 2. The molecule has 2 N–H and O–H groups in total. The minimum atomic E-state index is -4.02. The first kappa shape index (κ1) is 13.9. The molecule has 0 aliphatic carbocycles. The Kier molecular flexibility index (Phi) is 3.55. The summed E-state index contributed by atoms with van der Waals surface area (Å²) in [5.74, 6) is -3.19. The molecular weight excluding hydrogens is 280 g/mol. The molecular formula is C11H11F2NO4S. The van der Waals surface area contributed by atoms with Gasteiger partial charge in [0.05, 0.1) is 5.25 Å². The predicted octanol–water partition coefficient (Wildman–Crippen LogP) is 0.554. The van der Waals surface area contributed by atoms with E-state index in [2.05, 4.69) is 5.32 Å². The minimum absolute atomic E-state index is 0.0733. The number of benzene rings is 1. The van der Waals surface area contributed by atoms with Crippen molar-refractivity contribution in [2.75, 3.05) is 6.54 Å². The van der Waals surface area contributed by atoms with Gasteiger partial charge in [0.15, 0.2) is 9.84 Å². The smallest absolute Gasteiger partial charge is 0.320 e. The molecule has 1 aliphatic rings. The van der Waals surface area contributed by atoms with Crippen LogP contribution in [0.1, 0.15) is 6.42 Å². The van der Waals surface area contributed by atoms with Crippen molar-refractivity contribution < 1.29 is 27.1 Å². The third-order valence-corrected chi connectivity index (χ3v) is 5.21. The number of carboxylic acid groups (broad SMARTS) is 1. The van der Waals surface area contributed by atoms with Crippen LogP contribution in [0.3, 0.4) is 0 Å². The summed E-state index contributed by atoms with van der Waals surface area (Å²) in [5.41, 5.74) is 0. The van der Waals surface area contributed by atoms with Crippen molar-refractivity contribution in [3.05, 3.63) is 29.8 Å². The average Bonchev–Trinajstić information content (AvgIpc) is 2.78. The average molecular weight is 291 g/mol. The number of carboxylic acids is 1. The summed E-state index contributed by atoms with van der Waals surface area (Å²) in [6, 6.07) is 1.23. The minimum Gasteiger partial charge on any atom is -0.480 e. The Morgan fingerprint density at radius 2 is 2.05 bits per heavy atom. The lowest BCUT2D eigenvalue weighted by Gasteiger charge is -2.11. The van der Waals surface area contributed by atoms with Crippen LogP contribution in [-0.2, 0) is 14.6 Å². The Hall–Kier alpha value is -1.54. The van der Waals surface area contributed by atoms with Crippen molar-refractivity contribution in [3.8, 4) is 0 Å². The van der Waals surface area contributed by atoms with Crippen molar-refractivity contribution >= 4 is 15.8 Å². The van der Waals surface area contributed by atoms with Crippen molar-refractivity contribution in [1.82, 2.24) is 5.32 Å². The highest BCUT2D eigenvalue weighted by Gasteiger charge is 2.39. The van der Waals surface area contributed by atoms with E-state index < -0.39 is 43.6 Å². The quantitative estimate of drug-likeness (QED) is 0.795. The summed E-state index contributed by atoms with van der Waals surface area (Å²) in [5, 5.41) is 10.3. The molecule has 1 heterocycles. The van der Waals surface area contributed by atoms with Gasteiger partial charge < -0.3 is 10.4 Å². The molecule has 5 nitrogen and oxygen atoms in total. The van der Waals surface area contributed by atoms with Crippen LogP contribution in [0.25, 0.3) is 0 Å². The lowest BCUT2D eigenvalue weighted by molar-refractivity contribution is -0.139. The molecule has 0 unspecified atom stereocenters. The molecule has 0 aromatic heterocycles. The summed E-state index contributed by atoms with van der Waals surface area (Å²) in [7, 11) is -4.02. The first-order chi connectivity index (χ1) is 8.82. The second kappa shape index (κ2) is 4.86. The summed E-state index contributed by atoms with van der Waals surface area (Å²) >= 11 is 0. The van der Waals surface area contributed by atoms with E-state index in [4.69, 9.17) is 5.11 Å². The molecule has 0 bridgehead atoms. The Morgan fingerprint density at radius 1 is 1.37 bits per heavy atom. The number of carbonyl (C=O) groups is 1. The zero-order valence-corrected chi connectivity index (χ0v) is 10.5. The molecule has 104 valence electrons. The topological polar surface area (TPSA) is 83.5 Å². The summed E-state index contributed by atoms with van der Waals surface area (Å²) < 4.78 is 50.5. The molecule has 1 aromatic carbocycles. The fourth-order valence-electron chi connectivity index (χ4n) is 2.01. The summed E-state index contributed by atoms with van der Waals surface area (Å²) in [4.78, 5) is 10.1. The molecule has 1 aliphatic heterocycles. The number of rotatable bonds is 3. The van der Waals surface area contributed by atoms with E-state index in [1.807, 2.05) is 0 Å². The Labute approximate surface area is 108 Å². The van der Waals surface area contributed by atoms with Crippen LogP contribution >= 0.6 is 0 Å². The number of nitrogens with one attached hydrogen (secondary N) is 1. The number of sulfone groups is 1. The third kappa shape index (κ3) is 2.59. The van der Waals surface area contributed by atoms with Gasteiger partial charge in [0.1, 0.15) is 22.6 Å². The fourth-order valence-corrected chi connectivity index (χ4v) is 3.72. The monoisotopic (exact) mass is 291 g/mol. The van der Waals surface area contributed by atoms with Gasteiger partial charge in [-0.15, -0.1) is 0 Å². The largest absolute Gasteiger partial charge is 0.480 e. The van der Waals surface area contributed by atoms with E-state index in [0.29, 0.717) is 6.07 Å². The van der Waals surface area contributed by atoms with E-state index in [1.54, 1.807) is 0 Å². The van der Waals surface area contributed by atoms with E-state index >= 15 is 0 Å². The molecule has 0 saturated carbocycles. The maximum atomic E-state index is 13.5. The standard InChI is InChI=1S/C11H11F2NO4S/c12-6-1-2-10(8(13)3-6)19(17,18)7-4-9(11(15)16)14-5-7/h1-3,7,9,14H,4-5H2,(H,15,16)/t7-,9+/m1/s1. The van der Waals surface area contributed by atoms with Crippen LogP contribution in [0, 0.1) is 11.6 Å². The van der Waals surface area contributed by atoms with Crippen molar-refractivity contribution in [2.24, 2.45) is 0 Å². The highest BCUT2D eigenvalue weighted by atomic mass is 32.2. The Morgan fingerprint density at radius 3 is 2.58 bits per heavy atom. The molecule has 1 saturated heterocycles. The predicted molar refractivity (Wildman–Crippen MR) is 61.4 cm³/mol. The summed E-state index contributed by atoms with van der Waals surface area (Å²) in [6.07, 6.45) is -0.144. The molecule has 1 fully saturated rings. The zero-order valence-electron chi connectivity index (χ0n) is 9.64. The molecule has 0 spiro atoms. The van der Waals surface area contributed by atoms with Crippen LogP contribution in [0.5, 0.6) is 0 Å². The number of hydrogen-bond acceptors (Lipinski definition) is 4. The van der Waals surface area contributed by atoms with Gasteiger partial charge in [0.2, 0.25) is 0 Å². The fraction of sp³-hybridized carbons (Fsp3) is 0.364. The van der Waals surface area contributed by atoms with Gasteiger partial charge >= 0.3 is 5.97 Å². The van der Waals surface area contributed by atoms with E-state index in [-0.39, 0.29) is 13.0 Å². The molecule has 2 rings (SSSR count). The van der Waals surface area contributed by atoms with Gasteiger partial charge in [0.25, 0.3) is 0 Å². The van der Waals surface area contributed by atoms with Crippen LogP contribution < -0.4 is 5.32 Å². The lowest BCUT2D eigenvalue weighted by atomic mass is 10.2. The van der Waals surface area contributed by atoms with Gasteiger partial charge in [-0.05, 0) is 18.6 Å². The SMILES string of the molecule is O=C(O)[C@@H]1C[C@@H](S(=O)(=O)c2ccc(F)cc2F)CN1. The molecule has 8 heteroatoms. The van der Waals surface area contributed by atoms with Crippen molar-refractivity contribution in [3.63, 3.8) is 0 Å². The maximum absolute atomic E-state index is 13.5. The maximum Gasteiger partial charge on any atom is 0.320 e. The zero-order chi connectivity index (χ0) is 14.2. The second-order valence-electron chi connectivity index (χ2n) is 4.28. The third-order valence-electron chi connectivity index (χ3n) is 3.03. The van der Waals surface area contributed by atoms with Crippen LogP contribution in [0.2, 0.25) is 0 Å². The molecule has 2 atom stereocenters. The molecule has 0 amide bonds. The summed E-state index contributed by atoms with van der Waals surface area (Å²) in [6.45, 7) is -0.0733. The van der Waals surface area contributed by atoms with Gasteiger partial charge in [-0.2, -0.15) is 0 Å². The van der Waals surface area contributed by atoms with Crippen LogP contribution in [-0.4, -0.2) is 37.3 Å². The van der Waals surface area contributed by atoms with E-state index in [9.17, 15) is 22.0 Å². The molecule has 1 aromatic rings. The molecule has 0 radical (unpaired) electrons. The normalized spacial score (nSPS) is 23.5. The number of hydrogen-bond donors (Lipinski definition) is 2. The highest BCUT2D eigenvalue weighted by molar-refractivity contribution is 7.92. The first-order valence-electron chi connectivity index (χ1n) is 5.47. The Bertz CT molecular complexity index is 617.